The molecule has 0 radical (unpaired) electrons. The van der Waals surface area contributed by atoms with E-state index in [0.29, 0.717) is 5.56 Å². The average Bonchev–Trinajstić information content (AvgIpc) is 2.71. The molecule has 2 nitrogen and oxygen atoms in total. The van der Waals surface area contributed by atoms with E-state index in [4.69, 9.17) is 4.42 Å². The van der Waals surface area contributed by atoms with Crippen LogP contribution in [-0.4, -0.2) is 5.78 Å². The van der Waals surface area contributed by atoms with Crippen molar-refractivity contribution in [2.75, 3.05) is 0 Å². The Bertz CT molecular complexity index is 443. The van der Waals surface area contributed by atoms with Crippen LogP contribution in [0, 0.1) is 5.82 Å². The van der Waals surface area contributed by atoms with Gasteiger partial charge in [-0.15, -0.1) is 0 Å². The molecule has 2 aromatic rings. The number of hydrogen-bond donors (Lipinski definition) is 0. The van der Waals surface area contributed by atoms with Crippen molar-refractivity contribution in [2.24, 2.45) is 0 Å². The molecule has 0 saturated carbocycles. The Hall–Kier alpha value is -1.90. The molecule has 1 aromatic heterocycles. The summed E-state index contributed by atoms with van der Waals surface area (Å²) < 4.78 is 17.5. The van der Waals surface area contributed by atoms with Crippen molar-refractivity contribution < 1.29 is 13.6 Å². The first kappa shape index (κ1) is 9.65. The summed E-state index contributed by atoms with van der Waals surface area (Å²) in [5.41, 5.74) is 1.34. The quantitative estimate of drug-likeness (QED) is 0.719. The van der Waals surface area contributed by atoms with Gasteiger partial charge in [0.2, 0.25) is 0 Å². The highest BCUT2D eigenvalue weighted by molar-refractivity contribution is 5.97. The van der Waals surface area contributed by atoms with Gasteiger partial charge in [-0.3, -0.25) is 4.79 Å². The Balaban J connectivity index is 2.11. The van der Waals surface area contributed by atoms with Crippen LogP contribution in [0.25, 0.3) is 0 Å². The van der Waals surface area contributed by atoms with Crippen LogP contribution in [0.3, 0.4) is 0 Å². The van der Waals surface area contributed by atoms with Gasteiger partial charge in [0, 0.05) is 12.0 Å². The van der Waals surface area contributed by atoms with Gasteiger partial charge in [-0.1, -0.05) is 0 Å². The minimum absolute atomic E-state index is 0.0450. The lowest BCUT2D eigenvalue weighted by atomic mass is 10.1. The van der Waals surface area contributed by atoms with Crippen molar-refractivity contribution in [3.63, 3.8) is 0 Å². The third-order valence-electron chi connectivity index (χ3n) is 2.11. The summed E-state index contributed by atoms with van der Waals surface area (Å²) in [4.78, 5) is 11.7. The van der Waals surface area contributed by atoms with Crippen LogP contribution in [0.4, 0.5) is 4.39 Å². The molecule has 0 aliphatic heterocycles. The van der Waals surface area contributed by atoms with Crippen LogP contribution in [0.15, 0.2) is 47.3 Å². The number of carbonyl (C=O) groups is 1. The summed E-state index contributed by atoms with van der Waals surface area (Å²) in [6.07, 6.45) is 3.33. The molecule has 0 amide bonds. The SMILES string of the molecule is O=C(Cc1ccoc1)c1ccc(F)cc1. The summed E-state index contributed by atoms with van der Waals surface area (Å²) in [6.45, 7) is 0. The Morgan fingerprint density at radius 2 is 1.93 bits per heavy atom. The highest BCUT2D eigenvalue weighted by Crippen LogP contribution is 2.09. The van der Waals surface area contributed by atoms with Gasteiger partial charge in [0.05, 0.1) is 12.5 Å². The molecule has 0 fully saturated rings. The number of ketones is 1. The van der Waals surface area contributed by atoms with Gasteiger partial charge in [0.1, 0.15) is 5.82 Å². The second kappa shape index (κ2) is 4.09. The topological polar surface area (TPSA) is 30.2 Å². The number of rotatable bonds is 3. The highest BCUT2D eigenvalue weighted by atomic mass is 19.1. The Labute approximate surface area is 86.3 Å². The second-order valence-corrected chi connectivity index (χ2v) is 3.24. The third kappa shape index (κ3) is 2.31. The predicted molar refractivity (Wildman–Crippen MR) is 53.1 cm³/mol. The lowest BCUT2D eigenvalue weighted by Crippen LogP contribution is -2.02. The maximum Gasteiger partial charge on any atom is 0.167 e. The summed E-state index contributed by atoms with van der Waals surface area (Å²) in [7, 11) is 0. The van der Waals surface area contributed by atoms with E-state index >= 15 is 0 Å². The van der Waals surface area contributed by atoms with E-state index in [1.165, 1.54) is 36.8 Å². The van der Waals surface area contributed by atoms with E-state index in [1.54, 1.807) is 6.07 Å². The van der Waals surface area contributed by atoms with Crippen LogP contribution in [-0.2, 0) is 6.42 Å². The molecule has 3 heteroatoms. The first-order valence-electron chi connectivity index (χ1n) is 4.55. The molecule has 1 aromatic carbocycles. The molecule has 0 atom stereocenters. The number of halogens is 1. The average molecular weight is 204 g/mol. The first-order valence-corrected chi connectivity index (χ1v) is 4.55. The maximum atomic E-state index is 12.6. The van der Waals surface area contributed by atoms with Crippen molar-refractivity contribution in [2.45, 2.75) is 6.42 Å². The lowest BCUT2D eigenvalue weighted by Gasteiger charge is -1.98. The molecule has 0 bridgehead atoms. The van der Waals surface area contributed by atoms with E-state index in [1.807, 2.05) is 0 Å². The van der Waals surface area contributed by atoms with Crippen molar-refractivity contribution in [1.29, 1.82) is 0 Å². The lowest BCUT2D eigenvalue weighted by molar-refractivity contribution is 0.0992. The number of furan rings is 1. The van der Waals surface area contributed by atoms with Gasteiger partial charge in [0.25, 0.3) is 0 Å². The molecule has 0 unspecified atom stereocenters. The fraction of sp³-hybridized carbons (Fsp3) is 0.0833. The first-order chi connectivity index (χ1) is 7.25. The standard InChI is InChI=1S/C12H9FO2/c13-11-3-1-10(2-4-11)12(14)7-9-5-6-15-8-9/h1-6,8H,7H2. The van der Waals surface area contributed by atoms with Gasteiger partial charge in [0.15, 0.2) is 5.78 Å². The molecule has 0 spiro atoms. The van der Waals surface area contributed by atoms with Gasteiger partial charge >= 0.3 is 0 Å². The van der Waals surface area contributed by atoms with Gasteiger partial charge < -0.3 is 4.42 Å². The van der Waals surface area contributed by atoms with Crippen LogP contribution in [0.2, 0.25) is 0 Å². The summed E-state index contributed by atoms with van der Waals surface area (Å²) in [5, 5.41) is 0. The second-order valence-electron chi connectivity index (χ2n) is 3.24. The van der Waals surface area contributed by atoms with Crippen LogP contribution in [0.1, 0.15) is 15.9 Å². The number of benzene rings is 1. The molecule has 15 heavy (non-hydrogen) atoms. The van der Waals surface area contributed by atoms with Gasteiger partial charge in [-0.05, 0) is 35.9 Å². The monoisotopic (exact) mass is 204 g/mol. The molecule has 0 aliphatic carbocycles. The smallest absolute Gasteiger partial charge is 0.167 e. The molecule has 76 valence electrons. The minimum atomic E-state index is -0.338. The minimum Gasteiger partial charge on any atom is -0.472 e. The largest absolute Gasteiger partial charge is 0.472 e. The van der Waals surface area contributed by atoms with Crippen LogP contribution < -0.4 is 0 Å². The van der Waals surface area contributed by atoms with E-state index in [0.717, 1.165) is 5.56 Å². The van der Waals surface area contributed by atoms with E-state index in [-0.39, 0.29) is 18.0 Å². The summed E-state index contributed by atoms with van der Waals surface area (Å²) >= 11 is 0. The van der Waals surface area contributed by atoms with E-state index in [9.17, 15) is 9.18 Å². The fourth-order valence-electron chi connectivity index (χ4n) is 1.32. The number of hydrogen-bond acceptors (Lipinski definition) is 2. The van der Waals surface area contributed by atoms with Crippen molar-refractivity contribution >= 4 is 5.78 Å². The Kier molecular flexibility index (Phi) is 2.63. The zero-order chi connectivity index (χ0) is 10.7. The Morgan fingerprint density at radius 3 is 2.53 bits per heavy atom. The van der Waals surface area contributed by atoms with Crippen molar-refractivity contribution in [3.8, 4) is 0 Å². The molecular weight excluding hydrogens is 195 g/mol. The molecule has 0 N–H and O–H groups in total. The molecule has 1 heterocycles. The zero-order valence-electron chi connectivity index (χ0n) is 7.94. The van der Waals surface area contributed by atoms with Crippen LogP contribution in [0.5, 0.6) is 0 Å². The highest BCUT2D eigenvalue weighted by Gasteiger charge is 2.07. The number of carbonyl (C=O) groups excluding carboxylic acids is 1. The van der Waals surface area contributed by atoms with Crippen molar-refractivity contribution in [1.82, 2.24) is 0 Å². The van der Waals surface area contributed by atoms with E-state index in [2.05, 4.69) is 0 Å². The molecule has 2 rings (SSSR count). The fourth-order valence-corrected chi connectivity index (χ4v) is 1.32. The molecule has 0 saturated heterocycles. The van der Waals surface area contributed by atoms with Crippen LogP contribution >= 0.6 is 0 Å². The molecule has 0 aliphatic rings. The molecular formula is C12H9FO2. The third-order valence-corrected chi connectivity index (χ3v) is 2.11. The summed E-state index contributed by atoms with van der Waals surface area (Å²) in [5.74, 6) is -0.383. The van der Waals surface area contributed by atoms with Gasteiger partial charge in [-0.2, -0.15) is 0 Å². The number of Topliss-reactive ketones (excluding diaryl/α,β-unsaturated/α-hetero) is 1. The Morgan fingerprint density at radius 1 is 1.20 bits per heavy atom. The zero-order valence-corrected chi connectivity index (χ0v) is 7.94. The van der Waals surface area contributed by atoms with Crippen molar-refractivity contribution in [3.05, 3.63) is 59.8 Å². The predicted octanol–water partition coefficient (Wildman–Crippen LogP) is 2.84. The van der Waals surface area contributed by atoms with Gasteiger partial charge in [-0.25, -0.2) is 4.39 Å². The normalized spacial score (nSPS) is 10.2. The maximum absolute atomic E-state index is 12.6. The van der Waals surface area contributed by atoms with E-state index < -0.39 is 0 Å². The summed E-state index contributed by atoms with van der Waals surface area (Å²) in [6, 6.07) is 7.27.